The number of aromatic carboxylic acids is 1. The topological polar surface area (TPSA) is 95.4 Å². The molecule has 1 fully saturated rings. The number of rotatable bonds is 3. The summed E-state index contributed by atoms with van der Waals surface area (Å²) < 4.78 is 0. The van der Waals surface area contributed by atoms with E-state index in [1.165, 1.54) is 12.1 Å². The summed E-state index contributed by atoms with van der Waals surface area (Å²) in [6.45, 7) is 0.705. The van der Waals surface area contributed by atoms with Crippen molar-refractivity contribution in [2.75, 3.05) is 18.9 Å². The molecule has 0 bridgehead atoms. The van der Waals surface area contributed by atoms with Crippen LogP contribution in [-0.2, 0) is 4.79 Å². The molecular formula is C10H12N4O3. The van der Waals surface area contributed by atoms with Crippen molar-refractivity contribution in [3.05, 3.63) is 17.8 Å². The highest BCUT2D eigenvalue weighted by atomic mass is 16.4. The van der Waals surface area contributed by atoms with Crippen LogP contribution in [0, 0.1) is 0 Å². The molecule has 1 atom stereocenters. The van der Waals surface area contributed by atoms with Gasteiger partial charge in [0, 0.05) is 13.6 Å². The molecule has 7 nitrogen and oxygen atoms in total. The molecule has 1 aromatic rings. The molecule has 0 spiro atoms. The lowest BCUT2D eigenvalue weighted by molar-refractivity contribution is -0.127. The zero-order valence-electron chi connectivity index (χ0n) is 9.25. The summed E-state index contributed by atoms with van der Waals surface area (Å²) in [5.74, 6) is -0.710. The minimum Gasteiger partial charge on any atom is -0.476 e. The van der Waals surface area contributed by atoms with E-state index in [4.69, 9.17) is 5.11 Å². The Bertz CT molecular complexity index is 445. The van der Waals surface area contributed by atoms with E-state index in [1.807, 2.05) is 0 Å². The van der Waals surface area contributed by atoms with Gasteiger partial charge in [0.15, 0.2) is 5.69 Å². The molecule has 0 aromatic carbocycles. The Labute approximate surface area is 97.4 Å². The van der Waals surface area contributed by atoms with Crippen molar-refractivity contribution in [3.63, 3.8) is 0 Å². The lowest BCUT2D eigenvalue weighted by Gasteiger charge is -2.12. The third-order valence-electron chi connectivity index (χ3n) is 2.63. The van der Waals surface area contributed by atoms with Gasteiger partial charge in [-0.3, -0.25) is 4.79 Å². The summed E-state index contributed by atoms with van der Waals surface area (Å²) in [6.07, 6.45) is 0.706. The van der Waals surface area contributed by atoms with E-state index in [9.17, 15) is 9.59 Å². The number of likely N-dealkylation sites (N-methyl/N-ethyl adjacent to an activating group) is 1. The van der Waals surface area contributed by atoms with Crippen molar-refractivity contribution in [2.24, 2.45) is 0 Å². The summed E-state index contributed by atoms with van der Waals surface area (Å²) in [7, 11) is 1.74. The Morgan fingerprint density at radius 2 is 2.29 bits per heavy atom. The second-order valence-electron chi connectivity index (χ2n) is 3.85. The fraction of sp³-hybridized carbons (Fsp3) is 0.400. The standard InChI is InChI=1S/C10H12N4O3/c1-14-5-4-6(9(14)15)11-8-3-2-7(10(16)17)12-13-8/h2-3,6H,4-5H2,1H3,(H,11,13)(H,16,17). The van der Waals surface area contributed by atoms with Crippen molar-refractivity contribution in [1.82, 2.24) is 15.1 Å². The molecule has 0 radical (unpaired) electrons. The van der Waals surface area contributed by atoms with E-state index in [0.717, 1.165) is 0 Å². The zero-order valence-corrected chi connectivity index (χ0v) is 9.25. The van der Waals surface area contributed by atoms with Crippen molar-refractivity contribution in [3.8, 4) is 0 Å². The Hall–Kier alpha value is -2.18. The van der Waals surface area contributed by atoms with Crippen molar-refractivity contribution >= 4 is 17.7 Å². The van der Waals surface area contributed by atoms with Gasteiger partial charge < -0.3 is 15.3 Å². The van der Waals surface area contributed by atoms with Crippen LogP contribution in [0.2, 0.25) is 0 Å². The molecule has 1 amide bonds. The zero-order chi connectivity index (χ0) is 12.4. The maximum absolute atomic E-state index is 11.6. The highest BCUT2D eigenvalue weighted by Crippen LogP contribution is 2.13. The molecule has 1 saturated heterocycles. The molecule has 1 aliphatic rings. The Morgan fingerprint density at radius 3 is 2.76 bits per heavy atom. The number of amides is 1. The minimum atomic E-state index is -1.12. The molecule has 2 rings (SSSR count). The van der Waals surface area contributed by atoms with E-state index >= 15 is 0 Å². The van der Waals surface area contributed by atoms with Gasteiger partial charge in [-0.05, 0) is 18.6 Å². The molecule has 0 aliphatic carbocycles. The first-order valence-corrected chi connectivity index (χ1v) is 5.16. The molecule has 1 aliphatic heterocycles. The van der Waals surface area contributed by atoms with Crippen LogP contribution in [0.15, 0.2) is 12.1 Å². The number of likely N-dealkylation sites (tertiary alicyclic amines) is 1. The van der Waals surface area contributed by atoms with Crippen molar-refractivity contribution in [1.29, 1.82) is 0 Å². The number of carbonyl (C=O) groups is 2. The lowest BCUT2D eigenvalue weighted by atomic mass is 10.2. The van der Waals surface area contributed by atoms with Gasteiger partial charge >= 0.3 is 5.97 Å². The highest BCUT2D eigenvalue weighted by molar-refractivity contribution is 5.87. The number of nitrogens with zero attached hydrogens (tertiary/aromatic N) is 3. The number of hydrogen-bond donors (Lipinski definition) is 2. The molecule has 17 heavy (non-hydrogen) atoms. The number of nitrogens with one attached hydrogen (secondary N) is 1. The average Bonchev–Trinajstić information content (AvgIpc) is 2.62. The van der Waals surface area contributed by atoms with Crippen LogP contribution in [0.4, 0.5) is 5.82 Å². The van der Waals surface area contributed by atoms with Crippen LogP contribution in [-0.4, -0.2) is 51.7 Å². The second kappa shape index (κ2) is 4.36. The first kappa shape index (κ1) is 11.3. The van der Waals surface area contributed by atoms with Crippen LogP contribution in [0.25, 0.3) is 0 Å². The number of aromatic nitrogens is 2. The molecule has 1 unspecified atom stereocenters. The maximum Gasteiger partial charge on any atom is 0.356 e. The van der Waals surface area contributed by atoms with E-state index in [2.05, 4.69) is 15.5 Å². The van der Waals surface area contributed by atoms with Crippen LogP contribution in [0.3, 0.4) is 0 Å². The fourth-order valence-corrected chi connectivity index (χ4v) is 1.66. The smallest absolute Gasteiger partial charge is 0.356 e. The molecule has 1 aromatic heterocycles. The summed E-state index contributed by atoms with van der Waals surface area (Å²) in [5.41, 5.74) is -0.120. The number of carboxylic acids is 1. The molecule has 90 valence electrons. The first-order valence-electron chi connectivity index (χ1n) is 5.16. The van der Waals surface area contributed by atoms with Gasteiger partial charge in [0.1, 0.15) is 11.9 Å². The van der Waals surface area contributed by atoms with E-state index in [1.54, 1.807) is 11.9 Å². The Morgan fingerprint density at radius 1 is 1.53 bits per heavy atom. The third-order valence-corrected chi connectivity index (χ3v) is 2.63. The number of carboxylic acid groups (broad SMARTS) is 1. The molecule has 0 saturated carbocycles. The first-order chi connectivity index (χ1) is 8.08. The largest absolute Gasteiger partial charge is 0.476 e. The quantitative estimate of drug-likeness (QED) is 0.755. The van der Waals surface area contributed by atoms with Gasteiger partial charge in [-0.15, -0.1) is 10.2 Å². The van der Waals surface area contributed by atoms with Crippen molar-refractivity contribution < 1.29 is 14.7 Å². The monoisotopic (exact) mass is 236 g/mol. The van der Waals surface area contributed by atoms with Gasteiger partial charge in [-0.2, -0.15) is 0 Å². The van der Waals surface area contributed by atoms with Crippen LogP contribution in [0.5, 0.6) is 0 Å². The Balaban J connectivity index is 2.04. The van der Waals surface area contributed by atoms with Gasteiger partial charge in [-0.1, -0.05) is 0 Å². The predicted molar refractivity (Wildman–Crippen MR) is 58.7 cm³/mol. The normalized spacial score (nSPS) is 19.5. The van der Waals surface area contributed by atoms with Crippen LogP contribution < -0.4 is 5.32 Å². The maximum atomic E-state index is 11.6. The van der Waals surface area contributed by atoms with Gasteiger partial charge in [0.2, 0.25) is 5.91 Å². The average molecular weight is 236 g/mol. The number of hydrogen-bond acceptors (Lipinski definition) is 5. The molecular weight excluding hydrogens is 224 g/mol. The van der Waals surface area contributed by atoms with E-state index in [0.29, 0.717) is 18.8 Å². The van der Waals surface area contributed by atoms with Crippen LogP contribution in [0.1, 0.15) is 16.9 Å². The van der Waals surface area contributed by atoms with E-state index in [-0.39, 0.29) is 17.6 Å². The second-order valence-corrected chi connectivity index (χ2v) is 3.85. The highest BCUT2D eigenvalue weighted by Gasteiger charge is 2.29. The SMILES string of the molecule is CN1CCC(Nc2ccc(C(=O)O)nn2)C1=O. The van der Waals surface area contributed by atoms with Crippen LogP contribution >= 0.6 is 0 Å². The predicted octanol–water partition coefficient (Wildman–Crippen LogP) is -0.183. The molecule has 2 N–H and O–H groups in total. The minimum absolute atomic E-state index is 0.00844. The summed E-state index contributed by atoms with van der Waals surface area (Å²) in [4.78, 5) is 23.8. The van der Waals surface area contributed by atoms with Gasteiger partial charge in [0.25, 0.3) is 0 Å². The fourth-order valence-electron chi connectivity index (χ4n) is 1.66. The third kappa shape index (κ3) is 2.32. The lowest BCUT2D eigenvalue weighted by Crippen LogP contribution is -2.31. The van der Waals surface area contributed by atoms with Gasteiger partial charge in [0.05, 0.1) is 0 Å². The number of carbonyl (C=O) groups excluding carboxylic acids is 1. The van der Waals surface area contributed by atoms with E-state index < -0.39 is 5.97 Å². The van der Waals surface area contributed by atoms with Crippen molar-refractivity contribution in [2.45, 2.75) is 12.5 Å². The summed E-state index contributed by atoms with van der Waals surface area (Å²) in [5, 5.41) is 18.8. The molecule has 2 heterocycles. The summed E-state index contributed by atoms with van der Waals surface area (Å²) in [6, 6.07) is 2.55. The Kier molecular flexibility index (Phi) is 2.90. The van der Waals surface area contributed by atoms with Gasteiger partial charge in [-0.25, -0.2) is 4.79 Å². The number of anilines is 1. The molecule has 7 heteroatoms. The summed E-state index contributed by atoms with van der Waals surface area (Å²) >= 11 is 0.